The number of piperidine rings is 1. The Morgan fingerprint density at radius 1 is 1.09 bits per heavy atom. The van der Waals surface area contributed by atoms with E-state index in [-0.39, 0.29) is 30.5 Å². The minimum absolute atomic E-state index is 0.128. The molecule has 0 radical (unpaired) electrons. The van der Waals surface area contributed by atoms with Crippen molar-refractivity contribution in [1.29, 1.82) is 0 Å². The van der Waals surface area contributed by atoms with Crippen LogP contribution >= 0.6 is 0 Å². The largest absolute Gasteiger partial charge is 0.365 e. The van der Waals surface area contributed by atoms with Crippen molar-refractivity contribution in [3.63, 3.8) is 0 Å². The molecule has 166 valence electrons. The van der Waals surface area contributed by atoms with Gasteiger partial charge in [0.15, 0.2) is 5.69 Å². The average Bonchev–Trinajstić information content (AvgIpc) is 3.25. The van der Waals surface area contributed by atoms with Crippen LogP contribution in [0.2, 0.25) is 0 Å². The first kappa shape index (κ1) is 20.8. The predicted molar refractivity (Wildman–Crippen MR) is 116 cm³/mol. The lowest BCUT2D eigenvalue weighted by atomic mass is 10.0. The molecule has 2 aliphatic heterocycles. The van der Waals surface area contributed by atoms with Crippen molar-refractivity contribution in [1.82, 2.24) is 25.2 Å². The number of likely N-dealkylation sites (tertiary alicyclic amines) is 1. The summed E-state index contributed by atoms with van der Waals surface area (Å²) in [5.41, 5.74) is 3.20. The zero-order chi connectivity index (χ0) is 21.9. The van der Waals surface area contributed by atoms with Crippen LogP contribution in [0.1, 0.15) is 46.3 Å². The SMILES string of the molecule is O=C(NC1CCN(Cc2ccccc2)CC1)c1nnn2c1COC(c1ccc(F)cc1)C2. The Kier molecular flexibility index (Phi) is 5.96. The Morgan fingerprint density at radius 3 is 2.59 bits per heavy atom. The van der Waals surface area contributed by atoms with Gasteiger partial charge in [-0.2, -0.15) is 0 Å². The highest BCUT2D eigenvalue weighted by molar-refractivity contribution is 5.93. The van der Waals surface area contributed by atoms with Gasteiger partial charge in [-0.05, 0) is 36.1 Å². The second-order valence-electron chi connectivity index (χ2n) is 8.43. The lowest BCUT2D eigenvalue weighted by molar-refractivity contribution is -0.00182. The average molecular weight is 436 g/mol. The fourth-order valence-electron chi connectivity index (χ4n) is 4.40. The van der Waals surface area contributed by atoms with Crippen LogP contribution in [0.3, 0.4) is 0 Å². The molecule has 8 heteroatoms. The molecule has 1 atom stereocenters. The number of halogens is 1. The molecule has 1 aromatic heterocycles. The standard InChI is InChI=1S/C24H26FN5O2/c25-19-8-6-18(7-9-19)22-15-30-21(16-32-22)23(27-28-30)24(31)26-20-10-12-29(13-11-20)14-17-4-2-1-3-5-17/h1-9,20,22H,10-16H2,(H,26,31). The molecule has 0 saturated carbocycles. The molecule has 1 amide bonds. The van der Waals surface area contributed by atoms with Crippen LogP contribution in [-0.2, 0) is 24.4 Å². The zero-order valence-corrected chi connectivity index (χ0v) is 17.8. The van der Waals surface area contributed by atoms with E-state index in [4.69, 9.17) is 4.74 Å². The first-order chi connectivity index (χ1) is 15.7. The summed E-state index contributed by atoms with van der Waals surface area (Å²) in [7, 11) is 0. The van der Waals surface area contributed by atoms with Crippen LogP contribution in [-0.4, -0.2) is 44.9 Å². The second-order valence-corrected chi connectivity index (χ2v) is 8.43. The number of carbonyl (C=O) groups is 1. The highest BCUT2D eigenvalue weighted by Crippen LogP contribution is 2.27. The number of benzene rings is 2. The summed E-state index contributed by atoms with van der Waals surface area (Å²) in [5.74, 6) is -0.479. The summed E-state index contributed by atoms with van der Waals surface area (Å²) < 4.78 is 20.8. The number of aromatic nitrogens is 3. The minimum atomic E-state index is -0.282. The molecule has 2 aliphatic rings. The van der Waals surface area contributed by atoms with Crippen LogP contribution in [0, 0.1) is 5.82 Å². The Labute approximate surface area is 186 Å². The van der Waals surface area contributed by atoms with Gasteiger partial charge in [0.25, 0.3) is 5.91 Å². The Morgan fingerprint density at radius 2 is 1.84 bits per heavy atom. The number of ether oxygens (including phenoxy) is 1. The van der Waals surface area contributed by atoms with E-state index in [0.717, 1.165) is 38.0 Å². The molecule has 3 aromatic rings. The van der Waals surface area contributed by atoms with E-state index in [2.05, 4.69) is 44.8 Å². The molecule has 0 aliphatic carbocycles. The van der Waals surface area contributed by atoms with E-state index < -0.39 is 0 Å². The number of amides is 1. The molecule has 32 heavy (non-hydrogen) atoms. The maximum atomic E-state index is 13.2. The summed E-state index contributed by atoms with van der Waals surface area (Å²) in [6, 6.07) is 16.8. The van der Waals surface area contributed by atoms with Crippen LogP contribution in [0.4, 0.5) is 4.39 Å². The molecule has 1 N–H and O–H groups in total. The van der Waals surface area contributed by atoms with E-state index in [0.29, 0.717) is 17.9 Å². The van der Waals surface area contributed by atoms with Crippen LogP contribution in [0.25, 0.3) is 0 Å². The van der Waals surface area contributed by atoms with Crippen molar-refractivity contribution >= 4 is 5.91 Å². The number of nitrogens with zero attached hydrogens (tertiary/aromatic N) is 4. The Balaban J connectivity index is 1.16. The van der Waals surface area contributed by atoms with Crippen LogP contribution in [0.5, 0.6) is 0 Å². The number of fused-ring (bicyclic) bond motifs is 1. The van der Waals surface area contributed by atoms with Gasteiger partial charge in [0.1, 0.15) is 11.9 Å². The number of nitrogens with one attached hydrogen (secondary N) is 1. The molecular weight excluding hydrogens is 409 g/mol. The number of hydrogen-bond acceptors (Lipinski definition) is 5. The second kappa shape index (κ2) is 9.18. The third-order valence-corrected chi connectivity index (χ3v) is 6.23. The van der Waals surface area contributed by atoms with Gasteiger partial charge in [0, 0.05) is 25.7 Å². The molecule has 5 rings (SSSR count). The molecule has 1 fully saturated rings. The molecule has 1 unspecified atom stereocenters. The van der Waals surface area contributed by atoms with Crippen molar-refractivity contribution in [2.75, 3.05) is 13.1 Å². The fraction of sp³-hybridized carbons (Fsp3) is 0.375. The summed E-state index contributed by atoms with van der Waals surface area (Å²) in [4.78, 5) is 15.3. The molecule has 2 aromatic carbocycles. The summed E-state index contributed by atoms with van der Waals surface area (Å²) >= 11 is 0. The van der Waals surface area contributed by atoms with Crippen molar-refractivity contribution in [2.24, 2.45) is 0 Å². The summed E-state index contributed by atoms with van der Waals surface area (Å²) in [6.45, 7) is 3.52. The first-order valence-electron chi connectivity index (χ1n) is 11.0. The molecule has 0 bridgehead atoms. The van der Waals surface area contributed by atoms with Crippen LogP contribution in [0.15, 0.2) is 54.6 Å². The van der Waals surface area contributed by atoms with Gasteiger partial charge in [-0.1, -0.05) is 47.7 Å². The quantitative estimate of drug-likeness (QED) is 0.667. The van der Waals surface area contributed by atoms with Gasteiger partial charge >= 0.3 is 0 Å². The highest BCUT2D eigenvalue weighted by atomic mass is 19.1. The molecular formula is C24H26FN5O2. The summed E-state index contributed by atoms with van der Waals surface area (Å²) in [6.07, 6.45) is 1.57. The van der Waals surface area contributed by atoms with Gasteiger partial charge in [-0.25, -0.2) is 9.07 Å². The van der Waals surface area contributed by atoms with Crippen molar-refractivity contribution < 1.29 is 13.9 Å². The highest BCUT2D eigenvalue weighted by Gasteiger charge is 2.29. The normalized spacial score (nSPS) is 19.5. The zero-order valence-electron chi connectivity index (χ0n) is 17.8. The lowest BCUT2D eigenvalue weighted by Crippen LogP contribution is -2.44. The van der Waals surface area contributed by atoms with Crippen molar-refractivity contribution in [2.45, 2.75) is 44.7 Å². The van der Waals surface area contributed by atoms with Gasteiger partial charge in [-0.15, -0.1) is 5.10 Å². The Hall–Kier alpha value is -3.10. The lowest BCUT2D eigenvalue weighted by Gasteiger charge is -2.32. The minimum Gasteiger partial charge on any atom is -0.365 e. The van der Waals surface area contributed by atoms with Crippen LogP contribution < -0.4 is 5.32 Å². The predicted octanol–water partition coefficient (Wildman–Crippen LogP) is 3.08. The van der Waals surface area contributed by atoms with E-state index >= 15 is 0 Å². The maximum absolute atomic E-state index is 13.2. The smallest absolute Gasteiger partial charge is 0.274 e. The molecule has 0 spiro atoms. The van der Waals surface area contributed by atoms with Crippen molar-refractivity contribution in [3.05, 3.63) is 82.9 Å². The molecule has 7 nitrogen and oxygen atoms in total. The molecule has 3 heterocycles. The first-order valence-corrected chi connectivity index (χ1v) is 11.0. The van der Waals surface area contributed by atoms with Crippen molar-refractivity contribution in [3.8, 4) is 0 Å². The van der Waals surface area contributed by atoms with Gasteiger partial charge < -0.3 is 10.1 Å². The third kappa shape index (κ3) is 4.56. The maximum Gasteiger partial charge on any atom is 0.274 e. The van der Waals surface area contributed by atoms with Gasteiger partial charge in [0.05, 0.1) is 18.8 Å². The number of rotatable bonds is 5. The van der Waals surface area contributed by atoms with E-state index in [1.165, 1.54) is 17.7 Å². The molecule has 1 saturated heterocycles. The number of carbonyl (C=O) groups excluding carboxylic acids is 1. The van der Waals surface area contributed by atoms with E-state index in [1.807, 2.05) is 6.07 Å². The van der Waals surface area contributed by atoms with E-state index in [9.17, 15) is 9.18 Å². The van der Waals surface area contributed by atoms with E-state index in [1.54, 1.807) is 16.8 Å². The third-order valence-electron chi connectivity index (χ3n) is 6.23. The van der Waals surface area contributed by atoms with Gasteiger partial charge in [-0.3, -0.25) is 9.69 Å². The Bertz CT molecular complexity index is 1060. The topological polar surface area (TPSA) is 72.3 Å². The van der Waals surface area contributed by atoms with Gasteiger partial charge in [0.2, 0.25) is 0 Å². The summed E-state index contributed by atoms with van der Waals surface area (Å²) in [5, 5.41) is 11.4. The number of hydrogen-bond donors (Lipinski definition) is 1. The monoisotopic (exact) mass is 435 g/mol. The fourth-order valence-corrected chi connectivity index (χ4v) is 4.40.